The molecular weight excluding hydrogens is 312 g/mol. The van der Waals surface area contributed by atoms with Crippen LogP contribution in [-0.4, -0.2) is 15.7 Å². The summed E-state index contributed by atoms with van der Waals surface area (Å²) in [6, 6.07) is 18.9. The van der Waals surface area contributed by atoms with E-state index in [9.17, 15) is 4.79 Å². The first-order valence-electron chi connectivity index (χ1n) is 8.12. The lowest BCUT2D eigenvalue weighted by Crippen LogP contribution is -2.17. The topological polar surface area (TPSA) is 70.7 Å². The predicted molar refractivity (Wildman–Crippen MR) is 96.4 cm³/mol. The van der Waals surface area contributed by atoms with Crippen molar-refractivity contribution in [2.75, 3.05) is 5.32 Å². The fourth-order valence-corrected chi connectivity index (χ4v) is 2.61. The molecule has 0 atom stereocenters. The van der Waals surface area contributed by atoms with Gasteiger partial charge in [-0.1, -0.05) is 31.2 Å². The Kier molecular flexibility index (Phi) is 4.91. The Morgan fingerprint density at radius 2 is 1.92 bits per heavy atom. The van der Waals surface area contributed by atoms with E-state index >= 15 is 0 Å². The van der Waals surface area contributed by atoms with Crippen molar-refractivity contribution >= 4 is 11.7 Å². The van der Waals surface area contributed by atoms with E-state index in [1.54, 1.807) is 41.2 Å². The Balaban J connectivity index is 1.74. The van der Waals surface area contributed by atoms with Gasteiger partial charge >= 0.3 is 0 Å². The number of amides is 1. The number of hydrogen-bond acceptors (Lipinski definition) is 3. The molecule has 1 heterocycles. The zero-order chi connectivity index (χ0) is 17.6. The zero-order valence-corrected chi connectivity index (χ0v) is 13.9. The summed E-state index contributed by atoms with van der Waals surface area (Å²) in [5.74, 6) is 0.505. The Hall–Kier alpha value is -3.39. The summed E-state index contributed by atoms with van der Waals surface area (Å²) in [6.07, 6.45) is 2.89. The van der Waals surface area contributed by atoms with Crippen LogP contribution in [0.15, 0.2) is 60.8 Å². The summed E-state index contributed by atoms with van der Waals surface area (Å²) >= 11 is 0. The van der Waals surface area contributed by atoms with Crippen molar-refractivity contribution in [2.45, 2.75) is 19.8 Å². The van der Waals surface area contributed by atoms with Gasteiger partial charge in [0.05, 0.1) is 29.9 Å². The summed E-state index contributed by atoms with van der Waals surface area (Å²) in [7, 11) is 0. The van der Waals surface area contributed by atoms with Gasteiger partial charge in [0.2, 0.25) is 5.91 Å². The van der Waals surface area contributed by atoms with Gasteiger partial charge in [-0.25, -0.2) is 4.68 Å². The normalized spacial score (nSPS) is 10.2. The number of nitrogens with zero attached hydrogens (tertiary/aromatic N) is 3. The number of rotatable bonds is 5. The quantitative estimate of drug-likeness (QED) is 0.778. The molecule has 2 aromatic carbocycles. The SMILES string of the molecule is CCc1cccc(CC(=O)Nc2ccnn2-c2ccc(C#N)cc2)c1. The number of carbonyl (C=O) groups excluding carboxylic acids is 1. The van der Waals surface area contributed by atoms with Gasteiger partial charge in [-0.15, -0.1) is 0 Å². The van der Waals surface area contributed by atoms with Gasteiger partial charge in [-0.05, 0) is 41.8 Å². The van der Waals surface area contributed by atoms with Crippen LogP contribution in [0.3, 0.4) is 0 Å². The fourth-order valence-electron chi connectivity index (χ4n) is 2.61. The molecule has 1 N–H and O–H groups in total. The molecule has 0 aliphatic heterocycles. The molecule has 0 saturated carbocycles. The predicted octanol–water partition coefficient (Wildman–Crippen LogP) is 3.49. The third-order valence-electron chi connectivity index (χ3n) is 3.92. The van der Waals surface area contributed by atoms with Gasteiger partial charge < -0.3 is 5.32 Å². The van der Waals surface area contributed by atoms with Gasteiger partial charge in [0.1, 0.15) is 5.82 Å². The molecule has 3 rings (SSSR count). The lowest BCUT2D eigenvalue weighted by atomic mass is 10.1. The van der Waals surface area contributed by atoms with E-state index in [0.29, 0.717) is 17.8 Å². The number of nitriles is 1. The molecule has 1 amide bonds. The third-order valence-corrected chi connectivity index (χ3v) is 3.92. The van der Waals surface area contributed by atoms with Crippen LogP contribution in [0.4, 0.5) is 5.82 Å². The Morgan fingerprint density at radius 3 is 2.64 bits per heavy atom. The molecule has 25 heavy (non-hydrogen) atoms. The van der Waals surface area contributed by atoms with E-state index in [0.717, 1.165) is 17.7 Å². The summed E-state index contributed by atoms with van der Waals surface area (Å²) in [4.78, 5) is 12.4. The molecule has 5 heteroatoms. The van der Waals surface area contributed by atoms with E-state index in [-0.39, 0.29) is 5.91 Å². The number of benzene rings is 2. The molecule has 3 aromatic rings. The average Bonchev–Trinajstić information content (AvgIpc) is 3.09. The van der Waals surface area contributed by atoms with Crippen LogP contribution in [0.5, 0.6) is 0 Å². The second kappa shape index (κ2) is 7.45. The van der Waals surface area contributed by atoms with Crippen LogP contribution in [0, 0.1) is 11.3 Å². The summed E-state index contributed by atoms with van der Waals surface area (Å²) in [6.45, 7) is 2.09. The Bertz CT molecular complexity index is 919. The van der Waals surface area contributed by atoms with Crippen molar-refractivity contribution in [3.8, 4) is 11.8 Å². The smallest absolute Gasteiger partial charge is 0.229 e. The summed E-state index contributed by atoms with van der Waals surface area (Å²) < 4.78 is 1.64. The van der Waals surface area contributed by atoms with E-state index in [1.807, 2.05) is 12.1 Å². The van der Waals surface area contributed by atoms with Gasteiger partial charge in [0.15, 0.2) is 0 Å². The van der Waals surface area contributed by atoms with Crippen LogP contribution >= 0.6 is 0 Å². The van der Waals surface area contributed by atoms with Gasteiger partial charge in [0.25, 0.3) is 0 Å². The van der Waals surface area contributed by atoms with Crippen molar-refractivity contribution in [1.29, 1.82) is 5.26 Å². The second-order valence-corrected chi connectivity index (χ2v) is 5.69. The molecule has 124 valence electrons. The minimum absolute atomic E-state index is 0.0938. The highest BCUT2D eigenvalue weighted by Gasteiger charge is 2.10. The maximum atomic E-state index is 12.4. The minimum Gasteiger partial charge on any atom is -0.310 e. The molecule has 0 saturated heterocycles. The van der Waals surface area contributed by atoms with Crippen molar-refractivity contribution in [1.82, 2.24) is 9.78 Å². The van der Waals surface area contributed by atoms with Crippen LogP contribution in [-0.2, 0) is 17.6 Å². The number of hydrogen-bond donors (Lipinski definition) is 1. The highest BCUT2D eigenvalue weighted by molar-refractivity contribution is 5.91. The molecule has 1 aromatic heterocycles. The van der Waals surface area contributed by atoms with Crippen molar-refractivity contribution in [3.05, 3.63) is 77.5 Å². The van der Waals surface area contributed by atoms with E-state index in [1.165, 1.54) is 5.56 Å². The lowest BCUT2D eigenvalue weighted by molar-refractivity contribution is -0.115. The maximum Gasteiger partial charge on any atom is 0.229 e. The van der Waals surface area contributed by atoms with E-state index in [4.69, 9.17) is 5.26 Å². The number of aromatic nitrogens is 2. The first-order chi connectivity index (χ1) is 12.2. The number of carbonyl (C=O) groups is 1. The molecule has 0 fully saturated rings. The summed E-state index contributed by atoms with van der Waals surface area (Å²) in [5, 5.41) is 16.0. The molecular formula is C20H18N4O. The molecule has 0 radical (unpaired) electrons. The molecule has 0 spiro atoms. The zero-order valence-electron chi connectivity index (χ0n) is 13.9. The van der Waals surface area contributed by atoms with Crippen LogP contribution in [0.25, 0.3) is 5.69 Å². The van der Waals surface area contributed by atoms with Crippen molar-refractivity contribution in [2.24, 2.45) is 0 Å². The lowest BCUT2D eigenvalue weighted by Gasteiger charge is -2.09. The molecule has 0 bridgehead atoms. The van der Waals surface area contributed by atoms with Crippen LogP contribution < -0.4 is 5.32 Å². The largest absolute Gasteiger partial charge is 0.310 e. The molecule has 0 aliphatic carbocycles. The van der Waals surface area contributed by atoms with Crippen molar-refractivity contribution in [3.63, 3.8) is 0 Å². The number of anilines is 1. The Morgan fingerprint density at radius 1 is 1.16 bits per heavy atom. The van der Waals surface area contributed by atoms with Gasteiger partial charge in [0, 0.05) is 6.07 Å². The van der Waals surface area contributed by atoms with Crippen LogP contribution in [0.2, 0.25) is 0 Å². The van der Waals surface area contributed by atoms with Gasteiger partial charge in [-0.3, -0.25) is 4.79 Å². The highest BCUT2D eigenvalue weighted by Crippen LogP contribution is 2.16. The van der Waals surface area contributed by atoms with E-state index in [2.05, 4.69) is 35.5 Å². The molecule has 5 nitrogen and oxygen atoms in total. The van der Waals surface area contributed by atoms with Crippen LogP contribution in [0.1, 0.15) is 23.6 Å². The standard InChI is InChI=1S/C20H18N4O/c1-2-15-4-3-5-17(12-15)13-20(25)23-19-10-11-22-24(19)18-8-6-16(14-21)7-9-18/h3-12H,2,13H2,1H3,(H,23,25). The third kappa shape index (κ3) is 3.93. The van der Waals surface area contributed by atoms with E-state index < -0.39 is 0 Å². The first kappa shape index (κ1) is 16.5. The first-order valence-corrected chi connectivity index (χ1v) is 8.12. The highest BCUT2D eigenvalue weighted by atomic mass is 16.1. The number of nitrogens with one attached hydrogen (secondary N) is 1. The van der Waals surface area contributed by atoms with Gasteiger partial charge in [-0.2, -0.15) is 10.4 Å². The molecule has 0 unspecified atom stereocenters. The minimum atomic E-state index is -0.0938. The monoisotopic (exact) mass is 330 g/mol. The average molecular weight is 330 g/mol. The Labute approximate surface area is 146 Å². The second-order valence-electron chi connectivity index (χ2n) is 5.69. The summed E-state index contributed by atoms with van der Waals surface area (Å²) in [5.41, 5.74) is 3.57. The fraction of sp³-hybridized carbons (Fsp3) is 0.150. The molecule has 0 aliphatic rings. The number of aryl methyl sites for hydroxylation is 1. The van der Waals surface area contributed by atoms with Crippen molar-refractivity contribution < 1.29 is 4.79 Å². The maximum absolute atomic E-state index is 12.4.